The predicted octanol–water partition coefficient (Wildman–Crippen LogP) is 7.03. The smallest absolute Gasteiger partial charge is 0.101 e. The number of nitrogens with zero attached hydrogens (tertiary/aromatic N) is 1. The summed E-state index contributed by atoms with van der Waals surface area (Å²) >= 11 is 18.7. The second kappa shape index (κ2) is 9.50. The first kappa shape index (κ1) is 19.3. The average Bonchev–Trinajstić information content (AvgIpc) is 2.66. The van der Waals surface area contributed by atoms with Crippen molar-refractivity contribution in [2.75, 3.05) is 17.2 Å². The molecular weight excluding hydrogens is 389 g/mol. The number of anilines is 2. The minimum atomic E-state index is 0.528. The SMILES string of the molecule is Clc1cc2c(cc1Cl)NC(=NCc1ccccc1Cl)CCCCCCN2. The van der Waals surface area contributed by atoms with E-state index in [1.54, 1.807) is 0 Å². The van der Waals surface area contributed by atoms with Crippen LogP contribution in [0.5, 0.6) is 0 Å². The Kier molecular flexibility index (Phi) is 7.07. The second-order valence-corrected chi connectivity index (χ2v) is 7.60. The Morgan fingerprint density at radius 3 is 2.38 bits per heavy atom. The van der Waals surface area contributed by atoms with Gasteiger partial charge in [0.1, 0.15) is 5.84 Å². The summed E-state index contributed by atoms with van der Waals surface area (Å²) in [5, 5.41) is 8.72. The number of amidine groups is 1. The van der Waals surface area contributed by atoms with E-state index in [0.717, 1.165) is 53.6 Å². The van der Waals surface area contributed by atoms with E-state index in [0.29, 0.717) is 16.6 Å². The second-order valence-electron chi connectivity index (χ2n) is 6.38. The fourth-order valence-electron chi connectivity index (χ4n) is 2.93. The third-order valence-electron chi connectivity index (χ3n) is 4.39. The maximum absolute atomic E-state index is 6.26. The van der Waals surface area contributed by atoms with Crippen LogP contribution in [-0.4, -0.2) is 12.4 Å². The molecule has 3 nitrogen and oxygen atoms in total. The quantitative estimate of drug-likeness (QED) is 0.557. The zero-order chi connectivity index (χ0) is 18.4. The lowest BCUT2D eigenvalue weighted by atomic mass is 10.1. The van der Waals surface area contributed by atoms with E-state index in [1.165, 1.54) is 12.8 Å². The normalized spacial score (nSPS) is 17.0. The lowest BCUT2D eigenvalue weighted by molar-refractivity contribution is 0.668. The van der Waals surface area contributed by atoms with Gasteiger partial charge in [-0.05, 0) is 36.6 Å². The molecular formula is C20H22Cl3N3. The maximum atomic E-state index is 6.26. The van der Waals surface area contributed by atoms with Crippen molar-refractivity contribution in [2.45, 2.75) is 38.6 Å². The van der Waals surface area contributed by atoms with Crippen LogP contribution in [-0.2, 0) is 6.54 Å². The Bertz CT molecular complexity index is 790. The summed E-state index contributed by atoms with van der Waals surface area (Å²) in [7, 11) is 0. The summed E-state index contributed by atoms with van der Waals surface area (Å²) < 4.78 is 0. The van der Waals surface area contributed by atoms with E-state index < -0.39 is 0 Å². The van der Waals surface area contributed by atoms with Gasteiger partial charge in [-0.1, -0.05) is 65.8 Å². The highest BCUT2D eigenvalue weighted by Gasteiger charge is 2.11. The van der Waals surface area contributed by atoms with Gasteiger partial charge in [0, 0.05) is 18.0 Å². The molecule has 2 aromatic carbocycles. The van der Waals surface area contributed by atoms with Gasteiger partial charge in [-0.25, -0.2) is 0 Å². The summed E-state index contributed by atoms with van der Waals surface area (Å²) in [6.45, 7) is 1.46. The minimum Gasteiger partial charge on any atom is -0.383 e. The van der Waals surface area contributed by atoms with Gasteiger partial charge < -0.3 is 10.6 Å². The van der Waals surface area contributed by atoms with Gasteiger partial charge in [-0.15, -0.1) is 0 Å². The Morgan fingerprint density at radius 2 is 1.58 bits per heavy atom. The minimum absolute atomic E-state index is 0.528. The highest BCUT2D eigenvalue weighted by Crippen LogP contribution is 2.33. The summed E-state index contributed by atoms with van der Waals surface area (Å²) in [6.07, 6.45) is 5.51. The molecule has 0 radical (unpaired) electrons. The van der Waals surface area contributed by atoms with Gasteiger partial charge in [-0.3, -0.25) is 4.99 Å². The topological polar surface area (TPSA) is 36.4 Å². The van der Waals surface area contributed by atoms with Crippen LogP contribution in [0.4, 0.5) is 11.4 Å². The fraction of sp³-hybridized carbons (Fsp3) is 0.350. The molecule has 0 saturated carbocycles. The Morgan fingerprint density at radius 1 is 0.846 bits per heavy atom. The number of halogens is 3. The predicted molar refractivity (Wildman–Crippen MR) is 114 cm³/mol. The van der Waals surface area contributed by atoms with Crippen LogP contribution < -0.4 is 10.6 Å². The number of rotatable bonds is 2. The van der Waals surface area contributed by atoms with E-state index in [-0.39, 0.29) is 0 Å². The van der Waals surface area contributed by atoms with Crippen LogP contribution in [0.3, 0.4) is 0 Å². The summed E-state index contributed by atoms with van der Waals surface area (Å²) in [5.41, 5.74) is 2.87. The van der Waals surface area contributed by atoms with Gasteiger partial charge in [0.05, 0.1) is 28.0 Å². The largest absolute Gasteiger partial charge is 0.383 e. The van der Waals surface area contributed by atoms with E-state index in [9.17, 15) is 0 Å². The third kappa shape index (κ3) is 5.29. The molecule has 2 aromatic rings. The highest BCUT2D eigenvalue weighted by atomic mass is 35.5. The van der Waals surface area contributed by atoms with Gasteiger partial charge in [-0.2, -0.15) is 0 Å². The molecule has 0 atom stereocenters. The molecule has 0 amide bonds. The summed E-state index contributed by atoms with van der Waals surface area (Å²) in [4.78, 5) is 4.79. The van der Waals surface area contributed by atoms with Gasteiger partial charge in [0.2, 0.25) is 0 Å². The van der Waals surface area contributed by atoms with Crippen LogP contribution >= 0.6 is 34.8 Å². The highest BCUT2D eigenvalue weighted by molar-refractivity contribution is 6.42. The van der Waals surface area contributed by atoms with Crippen molar-refractivity contribution in [3.8, 4) is 0 Å². The molecule has 0 aromatic heterocycles. The Labute approximate surface area is 169 Å². The van der Waals surface area contributed by atoms with Crippen molar-refractivity contribution in [3.05, 3.63) is 57.0 Å². The van der Waals surface area contributed by atoms with Crippen molar-refractivity contribution < 1.29 is 0 Å². The first-order valence-electron chi connectivity index (χ1n) is 8.90. The Balaban J connectivity index is 1.86. The number of hydrogen-bond donors (Lipinski definition) is 2. The van der Waals surface area contributed by atoms with Crippen molar-refractivity contribution in [1.29, 1.82) is 0 Å². The third-order valence-corrected chi connectivity index (χ3v) is 5.48. The van der Waals surface area contributed by atoms with Gasteiger partial charge >= 0.3 is 0 Å². The molecule has 0 unspecified atom stereocenters. The molecule has 0 spiro atoms. The first-order chi connectivity index (χ1) is 12.6. The summed E-state index contributed by atoms with van der Waals surface area (Å²) in [6, 6.07) is 11.5. The maximum Gasteiger partial charge on any atom is 0.101 e. The van der Waals surface area contributed by atoms with E-state index >= 15 is 0 Å². The van der Waals surface area contributed by atoms with Crippen LogP contribution in [0.25, 0.3) is 0 Å². The molecule has 26 heavy (non-hydrogen) atoms. The van der Waals surface area contributed by atoms with E-state index in [4.69, 9.17) is 39.8 Å². The molecule has 0 bridgehead atoms. The molecule has 0 saturated heterocycles. The number of aliphatic imine (C=N–C) groups is 1. The standard InChI is InChI=1S/C20H22Cl3N3/c21-15-8-5-4-7-14(15)13-25-20-9-3-1-2-6-10-24-18-11-16(22)17(23)12-19(18)26-20/h4-5,7-8,11-12,24H,1-3,6,9-10,13H2,(H,25,26). The summed E-state index contributed by atoms with van der Waals surface area (Å²) in [5.74, 6) is 0.938. The van der Waals surface area contributed by atoms with Crippen LogP contribution in [0.1, 0.15) is 37.7 Å². The van der Waals surface area contributed by atoms with Crippen molar-refractivity contribution in [3.63, 3.8) is 0 Å². The molecule has 1 aliphatic rings. The van der Waals surface area contributed by atoms with Crippen LogP contribution in [0.2, 0.25) is 15.1 Å². The molecule has 0 fully saturated rings. The molecule has 1 heterocycles. The zero-order valence-corrected chi connectivity index (χ0v) is 16.8. The number of hydrogen-bond acceptors (Lipinski definition) is 2. The number of fused-ring (bicyclic) bond motifs is 1. The van der Waals surface area contributed by atoms with E-state index in [1.807, 2.05) is 36.4 Å². The lowest BCUT2D eigenvalue weighted by Gasteiger charge is -2.16. The molecule has 6 heteroatoms. The van der Waals surface area contributed by atoms with Crippen LogP contribution in [0, 0.1) is 0 Å². The lowest BCUT2D eigenvalue weighted by Crippen LogP contribution is -2.14. The number of benzene rings is 2. The average molecular weight is 411 g/mol. The molecule has 1 aliphatic heterocycles. The van der Waals surface area contributed by atoms with Gasteiger partial charge in [0.15, 0.2) is 0 Å². The Hall–Kier alpha value is -1.42. The monoisotopic (exact) mass is 409 g/mol. The molecule has 138 valence electrons. The number of nitrogens with one attached hydrogen (secondary N) is 2. The van der Waals surface area contributed by atoms with Crippen molar-refractivity contribution >= 4 is 52.0 Å². The molecule has 0 aliphatic carbocycles. The van der Waals surface area contributed by atoms with E-state index in [2.05, 4.69) is 10.6 Å². The first-order valence-corrected chi connectivity index (χ1v) is 10.0. The van der Waals surface area contributed by atoms with Gasteiger partial charge in [0.25, 0.3) is 0 Å². The van der Waals surface area contributed by atoms with Crippen LogP contribution in [0.15, 0.2) is 41.4 Å². The molecule has 3 rings (SSSR count). The van der Waals surface area contributed by atoms with Crippen molar-refractivity contribution in [2.24, 2.45) is 4.99 Å². The fourth-order valence-corrected chi connectivity index (χ4v) is 3.46. The van der Waals surface area contributed by atoms with Crippen molar-refractivity contribution in [1.82, 2.24) is 0 Å². The zero-order valence-electron chi connectivity index (χ0n) is 14.5. The molecule has 2 N–H and O–H groups in total.